The Labute approximate surface area is 147 Å². The van der Waals surface area contributed by atoms with E-state index in [2.05, 4.69) is 31.5 Å². The molecule has 5 nitrogen and oxygen atoms in total. The van der Waals surface area contributed by atoms with E-state index in [1.165, 1.54) is 5.56 Å². The Balaban J connectivity index is 2.26. The quantitative estimate of drug-likeness (QED) is 0.347. The van der Waals surface area contributed by atoms with Gasteiger partial charge in [-0.05, 0) is 34.8 Å². The Morgan fingerprint density at radius 3 is 2.08 bits per heavy atom. The molecule has 0 aliphatic heterocycles. The molecular formula is C20H23N3O2. The van der Waals surface area contributed by atoms with Gasteiger partial charge < -0.3 is 5.32 Å². The van der Waals surface area contributed by atoms with Crippen LogP contribution in [0, 0.1) is 0 Å². The van der Waals surface area contributed by atoms with Crippen molar-refractivity contribution in [2.45, 2.75) is 26.2 Å². The van der Waals surface area contributed by atoms with Crippen LogP contribution in [-0.2, 0) is 10.2 Å². The van der Waals surface area contributed by atoms with E-state index in [0.29, 0.717) is 5.56 Å². The molecule has 0 radical (unpaired) electrons. The number of hydrazine groups is 1. The molecule has 2 aromatic rings. The zero-order valence-electron chi connectivity index (χ0n) is 14.7. The molecule has 0 unspecified atom stereocenters. The SMILES string of the molecule is CC(C)(C)c1ccc(/C=C(/NC(=O)c2ccccc2)C(=O)NN)cc1. The van der Waals surface area contributed by atoms with Crippen molar-refractivity contribution in [3.63, 3.8) is 0 Å². The Morgan fingerprint density at radius 1 is 0.960 bits per heavy atom. The molecule has 0 spiro atoms. The van der Waals surface area contributed by atoms with E-state index in [1.807, 2.05) is 30.3 Å². The van der Waals surface area contributed by atoms with Gasteiger partial charge in [0.2, 0.25) is 0 Å². The first kappa shape index (κ1) is 18.4. The van der Waals surface area contributed by atoms with Crippen LogP contribution in [0.4, 0.5) is 0 Å². The average molecular weight is 337 g/mol. The summed E-state index contributed by atoms with van der Waals surface area (Å²) in [6.07, 6.45) is 1.59. The van der Waals surface area contributed by atoms with Gasteiger partial charge in [-0.25, -0.2) is 5.84 Å². The van der Waals surface area contributed by atoms with Crippen LogP contribution in [0.2, 0.25) is 0 Å². The summed E-state index contributed by atoms with van der Waals surface area (Å²) < 4.78 is 0. The van der Waals surface area contributed by atoms with Gasteiger partial charge in [0, 0.05) is 5.56 Å². The maximum atomic E-state index is 12.3. The summed E-state index contributed by atoms with van der Waals surface area (Å²) in [5, 5.41) is 2.61. The molecule has 2 amide bonds. The van der Waals surface area contributed by atoms with Crippen LogP contribution in [0.3, 0.4) is 0 Å². The van der Waals surface area contributed by atoms with Crippen LogP contribution in [0.25, 0.3) is 6.08 Å². The molecule has 5 heteroatoms. The number of amides is 2. The first-order valence-corrected chi connectivity index (χ1v) is 8.01. The molecule has 0 aromatic heterocycles. The lowest BCUT2D eigenvalue weighted by Crippen LogP contribution is -2.38. The number of carbonyl (C=O) groups is 2. The smallest absolute Gasteiger partial charge is 0.281 e. The fourth-order valence-corrected chi connectivity index (χ4v) is 2.27. The normalized spacial score (nSPS) is 11.8. The second kappa shape index (κ2) is 7.77. The molecule has 0 fully saturated rings. The number of rotatable bonds is 4. The van der Waals surface area contributed by atoms with Gasteiger partial charge in [0.25, 0.3) is 11.8 Å². The van der Waals surface area contributed by atoms with Crippen molar-refractivity contribution in [3.05, 3.63) is 77.0 Å². The Kier molecular flexibility index (Phi) is 5.72. The zero-order valence-corrected chi connectivity index (χ0v) is 14.7. The highest BCUT2D eigenvalue weighted by Crippen LogP contribution is 2.22. The highest BCUT2D eigenvalue weighted by atomic mass is 16.2. The minimum atomic E-state index is -0.566. The van der Waals surface area contributed by atoms with Crippen LogP contribution in [0.5, 0.6) is 0 Å². The van der Waals surface area contributed by atoms with Crippen LogP contribution < -0.4 is 16.6 Å². The summed E-state index contributed by atoms with van der Waals surface area (Å²) in [5.74, 6) is 4.29. The molecule has 0 bridgehead atoms. The van der Waals surface area contributed by atoms with Crippen molar-refractivity contribution in [1.82, 2.24) is 10.7 Å². The van der Waals surface area contributed by atoms with Gasteiger partial charge in [0.1, 0.15) is 5.70 Å². The van der Waals surface area contributed by atoms with E-state index in [4.69, 9.17) is 5.84 Å². The van der Waals surface area contributed by atoms with Crippen LogP contribution in [0.15, 0.2) is 60.3 Å². The summed E-state index contributed by atoms with van der Waals surface area (Å²) in [6, 6.07) is 16.5. The van der Waals surface area contributed by atoms with E-state index < -0.39 is 5.91 Å². The third-order valence-corrected chi connectivity index (χ3v) is 3.75. The lowest BCUT2D eigenvalue weighted by Gasteiger charge is -2.18. The molecule has 0 aliphatic carbocycles. The summed E-state index contributed by atoms with van der Waals surface area (Å²) >= 11 is 0. The van der Waals surface area contributed by atoms with Gasteiger partial charge in [-0.1, -0.05) is 63.2 Å². The van der Waals surface area contributed by atoms with Gasteiger partial charge in [-0.3, -0.25) is 15.0 Å². The molecule has 0 saturated carbocycles. The third kappa shape index (κ3) is 5.02. The highest BCUT2D eigenvalue weighted by molar-refractivity contribution is 6.05. The molecule has 25 heavy (non-hydrogen) atoms. The lowest BCUT2D eigenvalue weighted by molar-refractivity contribution is -0.117. The molecule has 0 saturated heterocycles. The molecular weight excluding hydrogens is 314 g/mol. The first-order valence-electron chi connectivity index (χ1n) is 8.01. The van der Waals surface area contributed by atoms with Crippen molar-refractivity contribution in [1.29, 1.82) is 0 Å². The molecule has 0 atom stereocenters. The number of nitrogens with two attached hydrogens (primary N) is 1. The fourth-order valence-electron chi connectivity index (χ4n) is 2.27. The third-order valence-electron chi connectivity index (χ3n) is 3.75. The topological polar surface area (TPSA) is 84.2 Å². The summed E-state index contributed by atoms with van der Waals surface area (Å²) in [5.41, 5.74) is 4.62. The Hall–Kier alpha value is -2.92. The molecule has 0 heterocycles. The van der Waals surface area contributed by atoms with Crippen LogP contribution in [-0.4, -0.2) is 11.8 Å². The van der Waals surface area contributed by atoms with Crippen molar-refractivity contribution in [3.8, 4) is 0 Å². The molecule has 130 valence electrons. The largest absolute Gasteiger partial charge is 0.317 e. The number of hydrogen-bond acceptors (Lipinski definition) is 3. The predicted molar refractivity (Wildman–Crippen MR) is 99.4 cm³/mol. The molecule has 0 aliphatic rings. The number of carbonyl (C=O) groups excluding carboxylic acids is 2. The maximum Gasteiger partial charge on any atom is 0.281 e. The number of benzene rings is 2. The molecule has 4 N–H and O–H groups in total. The fraction of sp³-hybridized carbons (Fsp3) is 0.200. The van der Waals surface area contributed by atoms with Crippen molar-refractivity contribution < 1.29 is 9.59 Å². The molecule has 2 aromatic carbocycles. The van der Waals surface area contributed by atoms with Gasteiger partial charge >= 0.3 is 0 Å². The maximum absolute atomic E-state index is 12.3. The van der Waals surface area contributed by atoms with E-state index >= 15 is 0 Å². The first-order chi connectivity index (χ1) is 11.8. The lowest BCUT2D eigenvalue weighted by atomic mass is 9.87. The number of hydrogen-bond donors (Lipinski definition) is 3. The minimum absolute atomic E-state index is 0.0429. The average Bonchev–Trinajstić information content (AvgIpc) is 2.60. The predicted octanol–water partition coefficient (Wildman–Crippen LogP) is 2.74. The van der Waals surface area contributed by atoms with Crippen molar-refractivity contribution >= 4 is 17.9 Å². The summed E-state index contributed by atoms with van der Waals surface area (Å²) in [7, 11) is 0. The summed E-state index contributed by atoms with van der Waals surface area (Å²) in [6.45, 7) is 6.39. The van der Waals surface area contributed by atoms with Gasteiger partial charge in [-0.15, -0.1) is 0 Å². The highest BCUT2D eigenvalue weighted by Gasteiger charge is 2.15. The zero-order chi connectivity index (χ0) is 18.4. The second-order valence-electron chi connectivity index (χ2n) is 6.72. The van der Waals surface area contributed by atoms with E-state index in [-0.39, 0.29) is 17.0 Å². The van der Waals surface area contributed by atoms with Crippen LogP contribution >= 0.6 is 0 Å². The Bertz CT molecular complexity index is 773. The number of nitrogens with one attached hydrogen (secondary N) is 2. The van der Waals surface area contributed by atoms with Crippen molar-refractivity contribution in [2.24, 2.45) is 5.84 Å². The van der Waals surface area contributed by atoms with E-state index in [1.54, 1.807) is 30.3 Å². The standard InChI is InChI=1S/C20H23N3O2/c1-20(2,3)16-11-9-14(10-12-16)13-17(19(25)23-21)22-18(24)15-7-5-4-6-8-15/h4-13H,21H2,1-3H3,(H,22,24)(H,23,25)/b17-13+. The second-order valence-corrected chi connectivity index (χ2v) is 6.72. The van der Waals surface area contributed by atoms with Crippen molar-refractivity contribution in [2.75, 3.05) is 0 Å². The van der Waals surface area contributed by atoms with Gasteiger partial charge in [0.05, 0.1) is 0 Å². The monoisotopic (exact) mass is 337 g/mol. The van der Waals surface area contributed by atoms with E-state index in [0.717, 1.165) is 5.56 Å². The minimum Gasteiger partial charge on any atom is -0.317 e. The van der Waals surface area contributed by atoms with E-state index in [9.17, 15) is 9.59 Å². The summed E-state index contributed by atoms with van der Waals surface area (Å²) in [4.78, 5) is 24.3. The van der Waals surface area contributed by atoms with Crippen LogP contribution in [0.1, 0.15) is 42.3 Å². The van der Waals surface area contributed by atoms with Gasteiger partial charge in [-0.2, -0.15) is 0 Å². The Morgan fingerprint density at radius 2 is 1.56 bits per heavy atom. The van der Waals surface area contributed by atoms with Gasteiger partial charge in [0.15, 0.2) is 0 Å². The molecule has 2 rings (SSSR count).